The van der Waals surface area contributed by atoms with E-state index in [9.17, 15) is 0 Å². The Hall–Kier alpha value is -1.74. The van der Waals surface area contributed by atoms with Crippen LogP contribution < -0.4 is 10.5 Å². The zero-order chi connectivity index (χ0) is 14.5. The van der Waals surface area contributed by atoms with Gasteiger partial charge in [-0.1, -0.05) is 12.1 Å². The molecule has 106 valence electrons. The molecule has 0 amide bonds. The van der Waals surface area contributed by atoms with Crippen LogP contribution in [-0.2, 0) is 6.42 Å². The zero-order valence-electron chi connectivity index (χ0n) is 12.5. The fraction of sp³-hybridized carbons (Fsp3) is 0.412. The van der Waals surface area contributed by atoms with Crippen LogP contribution in [0.25, 0.3) is 0 Å². The monoisotopic (exact) mass is 271 g/mol. The highest BCUT2D eigenvalue weighted by molar-refractivity contribution is 5.45. The average Bonchev–Trinajstić information content (AvgIpc) is 2.84. The first kappa shape index (κ1) is 13.3. The van der Waals surface area contributed by atoms with Crippen molar-refractivity contribution in [3.05, 3.63) is 52.5 Å². The summed E-state index contributed by atoms with van der Waals surface area (Å²) in [5, 5.41) is 0. The van der Waals surface area contributed by atoms with Gasteiger partial charge in [-0.2, -0.15) is 0 Å². The van der Waals surface area contributed by atoms with Crippen LogP contribution in [0.15, 0.2) is 28.7 Å². The Kier molecular flexibility index (Phi) is 2.91. The number of benzene rings is 1. The van der Waals surface area contributed by atoms with E-state index in [1.54, 1.807) is 0 Å². The standard InChI is InChI=1S/C17H21NO2/c1-10-7-14(11(2)19-10)16(18)12-5-6-15-13(8-12)9-17(3,4)20-15/h5-8,16H,9,18H2,1-4H3. The van der Waals surface area contributed by atoms with Gasteiger partial charge in [0.2, 0.25) is 0 Å². The number of fused-ring (bicyclic) bond motifs is 1. The van der Waals surface area contributed by atoms with Crippen LogP contribution in [-0.4, -0.2) is 5.60 Å². The Labute approximate surface area is 119 Å². The highest BCUT2D eigenvalue weighted by atomic mass is 16.5. The van der Waals surface area contributed by atoms with Crippen molar-refractivity contribution in [2.75, 3.05) is 0 Å². The van der Waals surface area contributed by atoms with Crippen molar-refractivity contribution in [2.45, 2.75) is 45.8 Å². The van der Waals surface area contributed by atoms with Crippen molar-refractivity contribution in [3.63, 3.8) is 0 Å². The minimum absolute atomic E-state index is 0.118. The van der Waals surface area contributed by atoms with Gasteiger partial charge in [-0.05, 0) is 51.0 Å². The Bertz CT molecular complexity index is 655. The van der Waals surface area contributed by atoms with Gasteiger partial charge in [0.15, 0.2) is 0 Å². The Morgan fingerprint density at radius 3 is 2.60 bits per heavy atom. The van der Waals surface area contributed by atoms with E-state index in [-0.39, 0.29) is 11.6 Å². The summed E-state index contributed by atoms with van der Waals surface area (Å²) in [6.07, 6.45) is 0.923. The van der Waals surface area contributed by atoms with Gasteiger partial charge < -0.3 is 14.9 Å². The molecule has 1 aliphatic heterocycles. The van der Waals surface area contributed by atoms with Gasteiger partial charge in [0, 0.05) is 12.0 Å². The molecule has 0 fully saturated rings. The molecule has 1 aromatic heterocycles. The molecule has 2 N–H and O–H groups in total. The van der Waals surface area contributed by atoms with E-state index in [1.807, 2.05) is 32.0 Å². The van der Waals surface area contributed by atoms with E-state index >= 15 is 0 Å². The highest BCUT2D eigenvalue weighted by Crippen LogP contribution is 2.37. The van der Waals surface area contributed by atoms with Crippen LogP contribution in [0, 0.1) is 13.8 Å². The van der Waals surface area contributed by atoms with Gasteiger partial charge in [0.05, 0.1) is 6.04 Å². The molecule has 1 unspecified atom stereocenters. The fourth-order valence-electron chi connectivity index (χ4n) is 2.96. The van der Waals surface area contributed by atoms with Gasteiger partial charge in [-0.3, -0.25) is 0 Å². The van der Waals surface area contributed by atoms with Gasteiger partial charge in [0.1, 0.15) is 22.9 Å². The Balaban J connectivity index is 1.95. The van der Waals surface area contributed by atoms with Crippen LogP contribution >= 0.6 is 0 Å². The lowest BCUT2D eigenvalue weighted by Gasteiger charge is -2.16. The third kappa shape index (κ3) is 2.22. The van der Waals surface area contributed by atoms with E-state index in [0.717, 1.165) is 34.8 Å². The molecule has 0 spiro atoms. The first-order valence-electron chi connectivity index (χ1n) is 7.00. The van der Waals surface area contributed by atoms with E-state index in [0.29, 0.717) is 0 Å². The average molecular weight is 271 g/mol. The zero-order valence-corrected chi connectivity index (χ0v) is 12.5. The summed E-state index contributed by atoms with van der Waals surface area (Å²) >= 11 is 0. The third-order valence-electron chi connectivity index (χ3n) is 3.86. The highest BCUT2D eigenvalue weighted by Gasteiger charge is 2.30. The molecule has 1 atom stereocenters. The topological polar surface area (TPSA) is 48.4 Å². The normalized spacial score (nSPS) is 17.6. The quantitative estimate of drug-likeness (QED) is 0.906. The van der Waals surface area contributed by atoms with Crippen LogP contribution in [0.2, 0.25) is 0 Å². The van der Waals surface area contributed by atoms with Gasteiger partial charge in [-0.25, -0.2) is 0 Å². The summed E-state index contributed by atoms with van der Waals surface area (Å²) < 4.78 is 11.5. The summed E-state index contributed by atoms with van der Waals surface area (Å²) in [4.78, 5) is 0. The Morgan fingerprint density at radius 1 is 1.20 bits per heavy atom. The summed E-state index contributed by atoms with van der Waals surface area (Å²) in [5.41, 5.74) is 9.67. The number of nitrogens with two attached hydrogens (primary N) is 1. The predicted molar refractivity (Wildman–Crippen MR) is 79.1 cm³/mol. The predicted octanol–water partition coefficient (Wildman–Crippen LogP) is 3.66. The summed E-state index contributed by atoms with van der Waals surface area (Å²) in [5.74, 6) is 2.77. The first-order valence-corrected chi connectivity index (χ1v) is 7.00. The van der Waals surface area contributed by atoms with Crippen molar-refractivity contribution in [1.82, 2.24) is 0 Å². The molecule has 2 heterocycles. The lowest BCUT2D eigenvalue weighted by atomic mass is 9.95. The van der Waals surface area contributed by atoms with Gasteiger partial charge >= 0.3 is 0 Å². The van der Waals surface area contributed by atoms with Gasteiger partial charge in [0.25, 0.3) is 0 Å². The van der Waals surface area contributed by atoms with Crippen LogP contribution in [0.5, 0.6) is 5.75 Å². The second kappa shape index (κ2) is 4.38. The molecule has 1 aromatic carbocycles. The maximum Gasteiger partial charge on any atom is 0.123 e. The molecule has 3 rings (SSSR count). The second-order valence-corrected chi connectivity index (χ2v) is 6.25. The van der Waals surface area contributed by atoms with Crippen molar-refractivity contribution < 1.29 is 9.15 Å². The van der Waals surface area contributed by atoms with Crippen molar-refractivity contribution in [1.29, 1.82) is 0 Å². The van der Waals surface area contributed by atoms with Crippen LogP contribution in [0.1, 0.15) is 48.1 Å². The minimum atomic E-state index is -0.151. The van der Waals surface area contributed by atoms with Crippen LogP contribution in [0.3, 0.4) is 0 Å². The second-order valence-electron chi connectivity index (χ2n) is 6.25. The number of hydrogen-bond acceptors (Lipinski definition) is 3. The molecule has 1 aliphatic rings. The summed E-state index contributed by atoms with van der Waals surface area (Å²) in [6.45, 7) is 8.12. The maximum absolute atomic E-state index is 6.39. The minimum Gasteiger partial charge on any atom is -0.487 e. The van der Waals surface area contributed by atoms with Crippen molar-refractivity contribution in [2.24, 2.45) is 5.73 Å². The van der Waals surface area contributed by atoms with E-state index in [4.69, 9.17) is 14.9 Å². The molecular formula is C17H21NO2. The summed E-state index contributed by atoms with van der Waals surface area (Å²) in [6, 6.07) is 8.11. The third-order valence-corrected chi connectivity index (χ3v) is 3.86. The molecule has 0 bridgehead atoms. The SMILES string of the molecule is Cc1cc(C(N)c2ccc3c(c2)CC(C)(C)O3)c(C)o1. The molecule has 0 saturated carbocycles. The molecule has 20 heavy (non-hydrogen) atoms. The number of aryl methyl sites for hydroxylation is 2. The smallest absolute Gasteiger partial charge is 0.123 e. The lowest BCUT2D eigenvalue weighted by Crippen LogP contribution is -2.24. The molecule has 0 radical (unpaired) electrons. The van der Waals surface area contributed by atoms with Crippen molar-refractivity contribution in [3.8, 4) is 5.75 Å². The van der Waals surface area contributed by atoms with Crippen LogP contribution in [0.4, 0.5) is 0 Å². The number of furan rings is 1. The maximum atomic E-state index is 6.39. The van der Waals surface area contributed by atoms with E-state index in [2.05, 4.69) is 19.9 Å². The molecule has 3 nitrogen and oxygen atoms in total. The molecule has 2 aromatic rings. The van der Waals surface area contributed by atoms with E-state index < -0.39 is 0 Å². The molecule has 0 aliphatic carbocycles. The van der Waals surface area contributed by atoms with Crippen molar-refractivity contribution >= 4 is 0 Å². The lowest BCUT2D eigenvalue weighted by molar-refractivity contribution is 0.138. The number of hydrogen-bond donors (Lipinski definition) is 1. The van der Waals surface area contributed by atoms with Gasteiger partial charge in [-0.15, -0.1) is 0 Å². The Morgan fingerprint density at radius 2 is 1.95 bits per heavy atom. The molecule has 3 heteroatoms. The number of rotatable bonds is 2. The largest absolute Gasteiger partial charge is 0.487 e. The summed E-state index contributed by atoms with van der Waals surface area (Å²) in [7, 11) is 0. The van der Waals surface area contributed by atoms with E-state index in [1.165, 1.54) is 5.56 Å². The molecular weight excluding hydrogens is 250 g/mol. The first-order chi connectivity index (χ1) is 9.35. The molecule has 0 saturated heterocycles. The number of ether oxygens (including phenoxy) is 1. The fourth-order valence-corrected chi connectivity index (χ4v) is 2.96.